The van der Waals surface area contributed by atoms with E-state index >= 15 is 0 Å². The Bertz CT molecular complexity index is 1520. The SMILES string of the molecule is COc1cc2c(cc1Nc1ncc(Cl)c(Nc3ccccc3S(=O)(=O)C(C)C)n1)[C@H]1CC1C(=O)C2(C)C. The smallest absolute Gasteiger partial charge is 0.229 e. The van der Waals surface area contributed by atoms with E-state index in [1.54, 1.807) is 45.2 Å². The number of halogens is 1. The molecule has 2 aliphatic carbocycles. The van der Waals surface area contributed by atoms with Gasteiger partial charge in [0.05, 0.1) is 34.8 Å². The summed E-state index contributed by atoms with van der Waals surface area (Å²) in [4.78, 5) is 21.8. The molecule has 2 aromatic carbocycles. The zero-order chi connectivity index (χ0) is 26.7. The van der Waals surface area contributed by atoms with Crippen LogP contribution < -0.4 is 15.4 Å². The molecule has 0 radical (unpaired) electrons. The fourth-order valence-electron chi connectivity index (χ4n) is 4.97. The number of carbonyl (C=O) groups is 1. The van der Waals surface area contributed by atoms with Crippen LogP contribution in [0.25, 0.3) is 0 Å². The Morgan fingerprint density at radius 2 is 1.84 bits per heavy atom. The Balaban J connectivity index is 1.49. The van der Waals surface area contributed by atoms with Gasteiger partial charge in [-0.2, -0.15) is 4.98 Å². The van der Waals surface area contributed by atoms with E-state index in [2.05, 4.69) is 20.6 Å². The van der Waals surface area contributed by atoms with Crippen LogP contribution in [-0.2, 0) is 20.0 Å². The number of sulfone groups is 1. The van der Waals surface area contributed by atoms with Crippen LogP contribution in [0.5, 0.6) is 5.75 Å². The molecule has 194 valence electrons. The van der Waals surface area contributed by atoms with Crippen molar-refractivity contribution in [2.75, 3.05) is 17.7 Å². The molecule has 1 heterocycles. The Kier molecular flexibility index (Phi) is 6.19. The van der Waals surface area contributed by atoms with Gasteiger partial charge in [-0.15, -0.1) is 0 Å². The molecule has 1 aromatic heterocycles. The van der Waals surface area contributed by atoms with Crippen molar-refractivity contribution in [1.82, 2.24) is 9.97 Å². The minimum Gasteiger partial charge on any atom is -0.495 e. The minimum absolute atomic E-state index is 0.0773. The summed E-state index contributed by atoms with van der Waals surface area (Å²) in [7, 11) is -1.96. The Hall–Kier alpha value is -3.17. The highest BCUT2D eigenvalue weighted by Gasteiger charge is 2.55. The van der Waals surface area contributed by atoms with Crippen molar-refractivity contribution in [2.45, 2.75) is 55.6 Å². The summed E-state index contributed by atoms with van der Waals surface area (Å²) in [5.74, 6) is 1.67. The van der Waals surface area contributed by atoms with E-state index in [4.69, 9.17) is 16.3 Å². The van der Waals surface area contributed by atoms with E-state index in [9.17, 15) is 13.2 Å². The molecule has 1 saturated carbocycles. The van der Waals surface area contributed by atoms with E-state index in [0.29, 0.717) is 17.1 Å². The molecule has 0 aliphatic heterocycles. The van der Waals surface area contributed by atoms with Crippen molar-refractivity contribution in [3.8, 4) is 5.75 Å². The van der Waals surface area contributed by atoms with Gasteiger partial charge in [-0.3, -0.25) is 4.79 Å². The summed E-state index contributed by atoms with van der Waals surface area (Å²) in [6.07, 6.45) is 2.31. The number of benzene rings is 2. The van der Waals surface area contributed by atoms with Gasteiger partial charge in [-0.05, 0) is 75.4 Å². The van der Waals surface area contributed by atoms with Gasteiger partial charge >= 0.3 is 0 Å². The van der Waals surface area contributed by atoms with Gasteiger partial charge in [-0.1, -0.05) is 23.7 Å². The molecule has 3 aromatic rings. The highest BCUT2D eigenvalue weighted by molar-refractivity contribution is 7.92. The van der Waals surface area contributed by atoms with Crippen molar-refractivity contribution < 1.29 is 17.9 Å². The van der Waals surface area contributed by atoms with Gasteiger partial charge in [0.25, 0.3) is 0 Å². The van der Waals surface area contributed by atoms with Crippen LogP contribution in [0.4, 0.5) is 23.1 Å². The average Bonchev–Trinajstić information content (AvgIpc) is 3.66. The molecule has 0 bridgehead atoms. The van der Waals surface area contributed by atoms with Gasteiger partial charge < -0.3 is 15.4 Å². The number of Topliss-reactive ketones (excluding diaryl/α,β-unsaturated/α-hetero) is 1. The second-order valence-electron chi connectivity index (χ2n) is 10.3. The lowest BCUT2D eigenvalue weighted by molar-refractivity contribution is -0.125. The number of anilines is 4. The normalized spacial score (nSPS) is 19.7. The second-order valence-corrected chi connectivity index (χ2v) is 13.2. The molecule has 10 heteroatoms. The van der Waals surface area contributed by atoms with Crippen LogP contribution in [0.1, 0.15) is 51.2 Å². The van der Waals surface area contributed by atoms with Crippen molar-refractivity contribution in [1.29, 1.82) is 0 Å². The number of rotatable bonds is 7. The lowest BCUT2D eigenvalue weighted by Gasteiger charge is -2.31. The Morgan fingerprint density at radius 1 is 1.11 bits per heavy atom. The van der Waals surface area contributed by atoms with Crippen molar-refractivity contribution >= 4 is 50.4 Å². The van der Waals surface area contributed by atoms with E-state index < -0.39 is 20.5 Å². The molecule has 8 nitrogen and oxygen atoms in total. The molecule has 2 aliphatic rings. The lowest BCUT2D eigenvalue weighted by atomic mass is 9.71. The molecule has 37 heavy (non-hydrogen) atoms. The largest absolute Gasteiger partial charge is 0.495 e. The molecule has 2 atom stereocenters. The fourth-order valence-corrected chi connectivity index (χ4v) is 6.31. The minimum atomic E-state index is -3.54. The number of aromatic nitrogens is 2. The quantitative estimate of drug-likeness (QED) is 0.388. The van der Waals surface area contributed by atoms with E-state index in [0.717, 1.165) is 17.5 Å². The summed E-state index contributed by atoms with van der Waals surface area (Å²) in [6.45, 7) is 7.21. The third-order valence-corrected chi connectivity index (χ3v) is 9.73. The number of carbonyl (C=O) groups excluding carboxylic acids is 1. The van der Waals surface area contributed by atoms with Crippen LogP contribution in [0.15, 0.2) is 47.5 Å². The summed E-state index contributed by atoms with van der Waals surface area (Å²) in [5.41, 5.74) is 2.60. The zero-order valence-corrected chi connectivity index (χ0v) is 22.9. The number of hydrogen-bond donors (Lipinski definition) is 2. The van der Waals surface area contributed by atoms with Gasteiger partial charge in [0.1, 0.15) is 16.6 Å². The highest BCUT2D eigenvalue weighted by atomic mass is 35.5. The van der Waals surface area contributed by atoms with Crippen molar-refractivity contribution in [2.24, 2.45) is 5.92 Å². The molecule has 0 amide bonds. The molecular weight excluding hydrogens is 512 g/mol. The number of nitrogens with zero attached hydrogens (tertiary/aromatic N) is 2. The third-order valence-electron chi connectivity index (χ3n) is 7.25. The summed E-state index contributed by atoms with van der Waals surface area (Å²) in [6, 6.07) is 10.6. The molecule has 0 spiro atoms. The van der Waals surface area contributed by atoms with Gasteiger partial charge in [-0.25, -0.2) is 13.4 Å². The summed E-state index contributed by atoms with van der Waals surface area (Å²) >= 11 is 6.38. The summed E-state index contributed by atoms with van der Waals surface area (Å²) in [5, 5.41) is 5.93. The molecule has 5 rings (SSSR count). The van der Waals surface area contributed by atoms with Gasteiger partial charge in [0, 0.05) is 11.3 Å². The van der Waals surface area contributed by atoms with E-state index in [1.807, 2.05) is 26.0 Å². The third kappa shape index (κ3) is 4.34. The van der Waals surface area contributed by atoms with Crippen LogP contribution >= 0.6 is 11.6 Å². The molecular formula is C27H29ClN4O4S. The maximum atomic E-state index is 12.9. The second kappa shape index (κ2) is 8.99. The number of para-hydroxylation sites is 1. The highest BCUT2D eigenvalue weighted by Crippen LogP contribution is 2.59. The number of ether oxygens (including phenoxy) is 1. The standard InChI is InChI=1S/C27H29ClN4O4S/c1-14(2)37(34,35)23-9-7-6-8-20(23)30-25-19(28)13-29-26(32-25)31-21-11-16-15-10-17(15)24(33)27(3,4)18(16)12-22(21)36-5/h6-9,11-15,17H,10H2,1-5H3,(H2,29,30,31,32)/t15-,17?/m1/s1. The van der Waals surface area contributed by atoms with Gasteiger partial charge in [0.15, 0.2) is 15.7 Å². The lowest BCUT2D eigenvalue weighted by Crippen LogP contribution is -2.35. The van der Waals surface area contributed by atoms with E-state index in [-0.39, 0.29) is 39.3 Å². The first-order valence-corrected chi connectivity index (χ1v) is 14.0. The van der Waals surface area contributed by atoms with Gasteiger partial charge in [0.2, 0.25) is 5.95 Å². The monoisotopic (exact) mass is 540 g/mol. The van der Waals surface area contributed by atoms with Crippen LogP contribution in [-0.4, -0.2) is 36.5 Å². The van der Waals surface area contributed by atoms with Crippen molar-refractivity contribution in [3.63, 3.8) is 0 Å². The van der Waals surface area contributed by atoms with Crippen LogP contribution in [0.2, 0.25) is 5.02 Å². The number of fused-ring (bicyclic) bond motifs is 3. The maximum Gasteiger partial charge on any atom is 0.229 e. The number of ketones is 1. The average molecular weight is 541 g/mol. The topological polar surface area (TPSA) is 110 Å². The number of hydrogen-bond acceptors (Lipinski definition) is 8. The first-order chi connectivity index (χ1) is 17.4. The zero-order valence-electron chi connectivity index (χ0n) is 21.3. The Labute approximate surface area is 221 Å². The maximum absolute atomic E-state index is 12.9. The predicted octanol–water partition coefficient (Wildman–Crippen LogP) is 5.77. The first kappa shape index (κ1) is 25.5. The molecule has 0 saturated heterocycles. The van der Waals surface area contributed by atoms with E-state index in [1.165, 1.54) is 6.20 Å². The van der Waals surface area contributed by atoms with Crippen LogP contribution in [0.3, 0.4) is 0 Å². The Morgan fingerprint density at radius 3 is 2.54 bits per heavy atom. The number of methoxy groups -OCH3 is 1. The molecule has 2 N–H and O–H groups in total. The molecule has 1 unspecified atom stereocenters. The van der Waals surface area contributed by atoms with Crippen LogP contribution in [0, 0.1) is 5.92 Å². The summed E-state index contributed by atoms with van der Waals surface area (Å²) < 4.78 is 31.4. The molecule has 1 fully saturated rings. The predicted molar refractivity (Wildman–Crippen MR) is 144 cm³/mol. The fraction of sp³-hybridized carbons (Fsp3) is 0.370. The number of nitrogens with one attached hydrogen (secondary N) is 2. The van der Waals surface area contributed by atoms with Crippen molar-refractivity contribution in [3.05, 3.63) is 58.7 Å². The first-order valence-electron chi connectivity index (χ1n) is 12.1.